The maximum atomic E-state index is 6.60. The van der Waals surface area contributed by atoms with Crippen LogP contribution in [0, 0.1) is 6.92 Å². The summed E-state index contributed by atoms with van der Waals surface area (Å²) in [5.74, 6) is 1.00. The number of aromatic nitrogens is 1. The van der Waals surface area contributed by atoms with Crippen molar-refractivity contribution in [1.29, 1.82) is 0 Å². The van der Waals surface area contributed by atoms with E-state index < -0.39 is 0 Å². The monoisotopic (exact) mass is 366 g/mol. The van der Waals surface area contributed by atoms with Crippen molar-refractivity contribution in [3.63, 3.8) is 0 Å². The number of rotatable bonds is 3. The average Bonchev–Trinajstić information content (AvgIpc) is 3.04. The Balaban J connectivity index is 2.02. The molecule has 0 atom stereocenters. The van der Waals surface area contributed by atoms with Gasteiger partial charge in [-0.2, -0.15) is 0 Å². The van der Waals surface area contributed by atoms with E-state index in [4.69, 9.17) is 23.2 Å². The summed E-state index contributed by atoms with van der Waals surface area (Å²) in [6.07, 6.45) is 2.05. The topological polar surface area (TPSA) is 7.65 Å². The first kappa shape index (κ1) is 16.1. The molecule has 0 saturated heterocycles. The van der Waals surface area contributed by atoms with Crippen LogP contribution in [0.4, 0.5) is 17.2 Å². The van der Waals surface area contributed by atoms with Crippen LogP contribution in [-0.2, 0) is 0 Å². The fourth-order valence-corrected chi connectivity index (χ4v) is 3.53. The molecular weight excluding hydrogens is 351 g/mol. The van der Waals surface area contributed by atoms with Gasteiger partial charge in [-0.1, -0.05) is 47.5 Å². The molecule has 0 bridgehead atoms. The molecule has 0 amide bonds. The Morgan fingerprint density at radius 3 is 2.40 bits per heavy atom. The second kappa shape index (κ2) is 6.47. The van der Waals surface area contributed by atoms with Gasteiger partial charge in [0.05, 0.1) is 15.7 Å². The minimum atomic E-state index is 0.544. The van der Waals surface area contributed by atoms with E-state index in [0.29, 0.717) is 10.0 Å². The van der Waals surface area contributed by atoms with Crippen molar-refractivity contribution in [3.05, 3.63) is 94.6 Å². The highest BCUT2D eigenvalue weighted by Gasteiger charge is 2.19. The zero-order valence-corrected chi connectivity index (χ0v) is 15.2. The highest BCUT2D eigenvalue weighted by Crippen LogP contribution is 2.42. The molecule has 4 aromatic rings. The van der Waals surface area contributed by atoms with Crippen molar-refractivity contribution in [2.75, 3.05) is 4.90 Å². The summed E-state index contributed by atoms with van der Waals surface area (Å²) in [5, 5.41) is 1.10. The van der Waals surface area contributed by atoms with E-state index in [2.05, 4.69) is 45.7 Å². The molecule has 2 heterocycles. The Morgan fingerprint density at radius 2 is 1.60 bits per heavy atom. The number of anilines is 3. The van der Waals surface area contributed by atoms with Crippen LogP contribution in [-0.4, -0.2) is 4.40 Å². The number of benzene rings is 2. The predicted octanol–water partition coefficient (Wildman–Crippen LogP) is 7.02. The molecule has 0 aliphatic rings. The van der Waals surface area contributed by atoms with Crippen LogP contribution in [0.1, 0.15) is 5.56 Å². The largest absolute Gasteiger partial charge is 0.303 e. The fraction of sp³-hybridized carbons (Fsp3) is 0.0476. The molecule has 124 valence electrons. The minimum absolute atomic E-state index is 0.544. The lowest BCUT2D eigenvalue weighted by Crippen LogP contribution is -2.13. The van der Waals surface area contributed by atoms with Crippen LogP contribution in [0.5, 0.6) is 0 Å². The highest BCUT2D eigenvalue weighted by atomic mass is 35.5. The second-order valence-corrected chi connectivity index (χ2v) is 6.72. The van der Waals surface area contributed by atoms with E-state index in [1.54, 1.807) is 0 Å². The van der Waals surface area contributed by atoms with Crippen LogP contribution in [0.25, 0.3) is 5.52 Å². The third kappa shape index (κ3) is 2.88. The lowest BCUT2D eigenvalue weighted by Gasteiger charge is -2.26. The van der Waals surface area contributed by atoms with Crippen molar-refractivity contribution in [3.8, 4) is 0 Å². The first-order valence-electron chi connectivity index (χ1n) is 8.02. The van der Waals surface area contributed by atoms with Gasteiger partial charge in [0.1, 0.15) is 5.82 Å². The Labute approximate surface area is 156 Å². The van der Waals surface area contributed by atoms with Crippen LogP contribution in [0.2, 0.25) is 10.0 Å². The Hall–Kier alpha value is -2.42. The van der Waals surface area contributed by atoms with E-state index in [9.17, 15) is 0 Å². The van der Waals surface area contributed by atoms with Crippen LogP contribution >= 0.6 is 23.2 Å². The SMILES string of the molecule is Cc1cc(Cl)c(Cl)c(N(c2ccccc2)c2ccc3ccccn23)c1. The molecule has 0 aliphatic carbocycles. The van der Waals surface area contributed by atoms with Gasteiger partial charge in [0.25, 0.3) is 0 Å². The van der Waals surface area contributed by atoms with Gasteiger partial charge in [-0.25, -0.2) is 0 Å². The molecule has 0 N–H and O–H groups in total. The van der Waals surface area contributed by atoms with Gasteiger partial charge in [0.15, 0.2) is 0 Å². The fourth-order valence-electron chi connectivity index (χ4n) is 3.06. The van der Waals surface area contributed by atoms with Gasteiger partial charge in [-0.15, -0.1) is 0 Å². The summed E-state index contributed by atoms with van der Waals surface area (Å²) < 4.78 is 2.14. The average molecular weight is 367 g/mol. The maximum Gasteiger partial charge on any atom is 0.122 e. The third-order valence-electron chi connectivity index (χ3n) is 4.18. The zero-order chi connectivity index (χ0) is 17.4. The maximum absolute atomic E-state index is 6.60. The van der Waals surface area contributed by atoms with Crippen molar-refractivity contribution >= 4 is 45.9 Å². The molecule has 2 aromatic carbocycles. The van der Waals surface area contributed by atoms with Gasteiger partial charge in [-0.3, -0.25) is 4.90 Å². The lowest BCUT2D eigenvalue weighted by atomic mass is 10.2. The standard InChI is InChI=1S/C21H16Cl2N2/c1-15-13-18(22)21(23)19(14-15)25(17-8-3-2-4-9-17)20-11-10-16-7-5-6-12-24(16)20/h2-14H,1H3. The summed E-state index contributed by atoms with van der Waals surface area (Å²) in [7, 11) is 0. The Morgan fingerprint density at radius 1 is 0.840 bits per heavy atom. The lowest BCUT2D eigenvalue weighted by molar-refractivity contribution is 1.12. The number of hydrogen-bond acceptors (Lipinski definition) is 1. The van der Waals surface area contributed by atoms with E-state index in [1.807, 2.05) is 49.5 Å². The molecule has 4 heteroatoms. The molecule has 0 spiro atoms. The first-order chi connectivity index (χ1) is 12.1. The van der Waals surface area contributed by atoms with Crippen molar-refractivity contribution in [2.45, 2.75) is 6.92 Å². The number of para-hydroxylation sites is 1. The molecule has 0 aliphatic heterocycles. The molecule has 0 saturated carbocycles. The number of aryl methyl sites for hydroxylation is 1. The number of pyridine rings is 1. The van der Waals surface area contributed by atoms with Crippen LogP contribution in [0.3, 0.4) is 0 Å². The van der Waals surface area contributed by atoms with E-state index >= 15 is 0 Å². The molecule has 0 radical (unpaired) electrons. The van der Waals surface area contributed by atoms with E-state index in [-0.39, 0.29) is 0 Å². The summed E-state index contributed by atoms with van der Waals surface area (Å²) in [6, 6.07) is 24.4. The molecule has 0 unspecified atom stereocenters. The predicted molar refractivity (Wildman–Crippen MR) is 107 cm³/mol. The smallest absolute Gasteiger partial charge is 0.122 e. The van der Waals surface area contributed by atoms with Crippen LogP contribution < -0.4 is 4.90 Å². The van der Waals surface area contributed by atoms with Crippen LogP contribution in [0.15, 0.2) is 79.0 Å². The molecule has 25 heavy (non-hydrogen) atoms. The Bertz CT molecular complexity index is 1040. The van der Waals surface area contributed by atoms with Gasteiger partial charge in [-0.05, 0) is 61.0 Å². The van der Waals surface area contributed by atoms with Gasteiger partial charge in [0.2, 0.25) is 0 Å². The Kier molecular flexibility index (Phi) is 4.16. The second-order valence-electron chi connectivity index (χ2n) is 5.94. The number of hydrogen-bond donors (Lipinski definition) is 0. The zero-order valence-electron chi connectivity index (χ0n) is 13.7. The van der Waals surface area contributed by atoms with E-state index in [1.165, 1.54) is 0 Å². The van der Waals surface area contributed by atoms with Crippen molar-refractivity contribution in [1.82, 2.24) is 4.40 Å². The van der Waals surface area contributed by atoms with Gasteiger partial charge in [0, 0.05) is 17.4 Å². The summed E-state index contributed by atoms with van der Waals surface area (Å²) in [5.41, 5.74) is 4.07. The summed E-state index contributed by atoms with van der Waals surface area (Å²) >= 11 is 13.0. The minimum Gasteiger partial charge on any atom is -0.303 e. The number of halogens is 2. The van der Waals surface area contributed by atoms with Crippen molar-refractivity contribution in [2.24, 2.45) is 0 Å². The van der Waals surface area contributed by atoms with Gasteiger partial charge < -0.3 is 4.40 Å². The quantitative estimate of drug-likeness (QED) is 0.377. The third-order valence-corrected chi connectivity index (χ3v) is 4.97. The van der Waals surface area contributed by atoms with Crippen molar-refractivity contribution < 1.29 is 0 Å². The first-order valence-corrected chi connectivity index (χ1v) is 8.77. The molecule has 2 aromatic heterocycles. The number of nitrogens with zero attached hydrogens (tertiary/aromatic N) is 2. The molecule has 4 rings (SSSR count). The normalized spacial score (nSPS) is 11.0. The number of fused-ring (bicyclic) bond motifs is 1. The molecule has 0 fully saturated rings. The molecular formula is C21H16Cl2N2. The highest BCUT2D eigenvalue weighted by molar-refractivity contribution is 6.44. The van der Waals surface area contributed by atoms with E-state index in [0.717, 1.165) is 28.3 Å². The van der Waals surface area contributed by atoms with Gasteiger partial charge >= 0.3 is 0 Å². The molecule has 2 nitrogen and oxygen atoms in total. The summed E-state index contributed by atoms with van der Waals surface area (Å²) in [6.45, 7) is 2.02. The summed E-state index contributed by atoms with van der Waals surface area (Å²) in [4.78, 5) is 2.13.